The first kappa shape index (κ1) is 13.7. The van der Waals surface area contributed by atoms with Crippen LogP contribution in [-0.2, 0) is 0 Å². The third-order valence-corrected chi connectivity index (χ3v) is 3.87. The molecule has 0 aliphatic carbocycles. The molecule has 2 rings (SSSR count). The second kappa shape index (κ2) is 5.50. The Morgan fingerprint density at radius 3 is 2.58 bits per heavy atom. The smallest absolute Gasteiger partial charge is 0.345 e. The number of amides is 1. The summed E-state index contributed by atoms with van der Waals surface area (Å²) in [5.74, 6) is -1.94. The minimum atomic E-state index is -1.05. The van der Waals surface area contributed by atoms with E-state index in [9.17, 15) is 14.0 Å². The van der Waals surface area contributed by atoms with Crippen LogP contribution in [0.5, 0.6) is 0 Å². The van der Waals surface area contributed by atoms with Crippen molar-refractivity contribution in [1.29, 1.82) is 0 Å². The summed E-state index contributed by atoms with van der Waals surface area (Å²) in [5, 5.41) is 11.7. The fourth-order valence-electron chi connectivity index (χ4n) is 1.37. The van der Waals surface area contributed by atoms with Crippen molar-refractivity contribution in [3.8, 4) is 0 Å². The molecule has 0 bridgehead atoms. The van der Waals surface area contributed by atoms with E-state index in [-0.39, 0.29) is 10.4 Å². The Morgan fingerprint density at radius 1 is 1.26 bits per heavy atom. The normalized spacial score (nSPS) is 10.2. The number of carboxylic acid groups (broad SMARTS) is 1. The molecule has 0 fully saturated rings. The van der Waals surface area contributed by atoms with Crippen LogP contribution in [0.15, 0.2) is 34.8 Å². The highest BCUT2D eigenvalue weighted by molar-refractivity contribution is 9.10. The van der Waals surface area contributed by atoms with Crippen LogP contribution in [0.1, 0.15) is 20.0 Å². The molecule has 0 unspecified atom stereocenters. The summed E-state index contributed by atoms with van der Waals surface area (Å²) in [6.45, 7) is 0. The third-order valence-electron chi connectivity index (χ3n) is 2.23. The van der Waals surface area contributed by atoms with Crippen LogP contribution in [0.4, 0.5) is 9.39 Å². The van der Waals surface area contributed by atoms with E-state index >= 15 is 0 Å². The van der Waals surface area contributed by atoms with Crippen LogP contribution in [0.3, 0.4) is 0 Å². The average Bonchev–Trinajstić information content (AvgIpc) is 2.77. The zero-order valence-corrected chi connectivity index (χ0v) is 11.7. The van der Waals surface area contributed by atoms with Crippen molar-refractivity contribution in [2.45, 2.75) is 0 Å². The molecule has 1 amide bonds. The second-order valence-corrected chi connectivity index (χ2v) is 5.49. The number of aromatic carboxylic acids is 1. The Balaban J connectivity index is 2.18. The third kappa shape index (κ3) is 3.18. The van der Waals surface area contributed by atoms with Gasteiger partial charge in [0.1, 0.15) is 10.7 Å². The summed E-state index contributed by atoms with van der Waals surface area (Å²) in [6, 6.07) is 6.62. The molecule has 0 aliphatic heterocycles. The van der Waals surface area contributed by atoms with E-state index in [2.05, 4.69) is 21.2 Å². The van der Waals surface area contributed by atoms with Crippen molar-refractivity contribution in [2.24, 2.45) is 0 Å². The van der Waals surface area contributed by atoms with Crippen LogP contribution in [0.25, 0.3) is 0 Å². The van der Waals surface area contributed by atoms with E-state index in [1.807, 2.05) is 0 Å². The summed E-state index contributed by atoms with van der Waals surface area (Å²) in [5.41, 5.74) is 0.270. The van der Waals surface area contributed by atoms with Crippen LogP contribution in [0.2, 0.25) is 0 Å². The molecular weight excluding hydrogens is 337 g/mol. The molecule has 0 atom stereocenters. The fourth-order valence-corrected chi connectivity index (χ4v) is 2.64. The van der Waals surface area contributed by atoms with Gasteiger partial charge in [-0.15, -0.1) is 11.3 Å². The maximum Gasteiger partial charge on any atom is 0.345 e. The van der Waals surface area contributed by atoms with E-state index in [0.717, 1.165) is 11.3 Å². The van der Waals surface area contributed by atoms with Crippen molar-refractivity contribution >= 4 is 44.1 Å². The van der Waals surface area contributed by atoms with Gasteiger partial charge in [0.2, 0.25) is 0 Å². The van der Waals surface area contributed by atoms with Gasteiger partial charge in [-0.3, -0.25) is 4.79 Å². The molecule has 0 radical (unpaired) electrons. The number of rotatable bonds is 3. The molecule has 7 heteroatoms. The van der Waals surface area contributed by atoms with Gasteiger partial charge in [0, 0.05) is 4.47 Å². The predicted octanol–water partition coefficient (Wildman–Crippen LogP) is 3.60. The molecule has 0 aliphatic rings. The molecular formula is C12H7BrFNO3S. The van der Waals surface area contributed by atoms with Gasteiger partial charge in [-0.2, -0.15) is 0 Å². The highest BCUT2D eigenvalue weighted by Crippen LogP contribution is 2.24. The van der Waals surface area contributed by atoms with Crippen LogP contribution in [-0.4, -0.2) is 17.0 Å². The summed E-state index contributed by atoms with van der Waals surface area (Å²) in [7, 11) is 0. The number of thiophene rings is 1. The zero-order chi connectivity index (χ0) is 14.0. The summed E-state index contributed by atoms with van der Waals surface area (Å²) >= 11 is 4.05. The molecule has 2 N–H and O–H groups in total. The van der Waals surface area contributed by atoms with E-state index in [0.29, 0.717) is 9.47 Å². The van der Waals surface area contributed by atoms with E-state index in [1.165, 1.54) is 30.3 Å². The summed E-state index contributed by atoms with van der Waals surface area (Å²) in [4.78, 5) is 22.8. The standard InChI is InChI=1S/C12H7BrFNO3S/c13-8-5-6(14)1-2-7(8)11(16)15-10-4-3-9(19-10)12(17)18/h1-5H,(H,15,16)(H,17,18). The van der Waals surface area contributed by atoms with E-state index in [1.54, 1.807) is 0 Å². The zero-order valence-electron chi connectivity index (χ0n) is 9.31. The number of anilines is 1. The van der Waals surface area contributed by atoms with Gasteiger partial charge in [0.05, 0.1) is 10.6 Å². The quantitative estimate of drug-likeness (QED) is 0.894. The number of halogens is 2. The number of carboxylic acids is 1. The van der Waals surface area contributed by atoms with E-state index in [4.69, 9.17) is 5.11 Å². The van der Waals surface area contributed by atoms with Gasteiger partial charge in [0.25, 0.3) is 5.91 Å². The highest BCUT2D eigenvalue weighted by atomic mass is 79.9. The number of hydrogen-bond donors (Lipinski definition) is 2. The van der Waals surface area contributed by atoms with Crippen LogP contribution < -0.4 is 5.32 Å². The SMILES string of the molecule is O=C(O)c1ccc(NC(=O)c2ccc(F)cc2Br)s1. The monoisotopic (exact) mass is 343 g/mol. The minimum Gasteiger partial charge on any atom is -0.477 e. The largest absolute Gasteiger partial charge is 0.477 e. The number of carbonyl (C=O) groups excluding carboxylic acids is 1. The Labute approximate surface area is 120 Å². The lowest BCUT2D eigenvalue weighted by Crippen LogP contribution is -2.11. The van der Waals surface area contributed by atoms with Gasteiger partial charge in [-0.1, -0.05) is 0 Å². The lowest BCUT2D eigenvalue weighted by Gasteiger charge is -2.04. The minimum absolute atomic E-state index is 0.133. The van der Waals surface area contributed by atoms with Gasteiger partial charge >= 0.3 is 5.97 Å². The molecule has 4 nitrogen and oxygen atoms in total. The molecule has 0 saturated heterocycles. The van der Waals surface area contributed by atoms with Gasteiger partial charge in [-0.05, 0) is 46.3 Å². The van der Waals surface area contributed by atoms with Gasteiger partial charge in [-0.25, -0.2) is 9.18 Å². The molecule has 98 valence electrons. The first-order valence-corrected chi connectivity index (χ1v) is 6.68. The topological polar surface area (TPSA) is 66.4 Å². The molecule has 2 aromatic rings. The maximum absolute atomic E-state index is 12.9. The summed E-state index contributed by atoms with van der Waals surface area (Å²) < 4.78 is 13.2. The predicted molar refractivity (Wildman–Crippen MR) is 73.3 cm³/mol. The number of benzene rings is 1. The molecule has 1 aromatic heterocycles. The van der Waals surface area contributed by atoms with Crippen molar-refractivity contribution in [2.75, 3.05) is 5.32 Å². The van der Waals surface area contributed by atoms with E-state index < -0.39 is 17.7 Å². The molecule has 1 heterocycles. The second-order valence-electron chi connectivity index (χ2n) is 3.55. The lowest BCUT2D eigenvalue weighted by atomic mass is 10.2. The lowest BCUT2D eigenvalue weighted by molar-refractivity contribution is 0.0702. The number of carbonyl (C=O) groups is 2. The van der Waals surface area contributed by atoms with Crippen LogP contribution in [0, 0.1) is 5.82 Å². The molecule has 0 spiro atoms. The van der Waals surface area contributed by atoms with Gasteiger partial charge < -0.3 is 10.4 Å². The van der Waals surface area contributed by atoms with Crippen molar-refractivity contribution in [3.63, 3.8) is 0 Å². The molecule has 19 heavy (non-hydrogen) atoms. The first-order chi connectivity index (χ1) is 8.97. The Bertz CT molecular complexity index is 656. The number of nitrogens with one attached hydrogen (secondary N) is 1. The first-order valence-electron chi connectivity index (χ1n) is 5.07. The average molecular weight is 344 g/mol. The fraction of sp³-hybridized carbons (Fsp3) is 0. The van der Waals surface area contributed by atoms with Gasteiger partial charge in [0.15, 0.2) is 0 Å². The Hall–Kier alpha value is -1.73. The van der Waals surface area contributed by atoms with Crippen molar-refractivity contribution in [3.05, 3.63) is 51.1 Å². The van der Waals surface area contributed by atoms with Crippen LogP contribution >= 0.6 is 27.3 Å². The van der Waals surface area contributed by atoms with Crippen molar-refractivity contribution < 1.29 is 19.1 Å². The summed E-state index contributed by atoms with van der Waals surface area (Å²) in [6.07, 6.45) is 0. The molecule has 1 aromatic carbocycles. The number of hydrogen-bond acceptors (Lipinski definition) is 3. The highest BCUT2D eigenvalue weighted by Gasteiger charge is 2.13. The molecule has 0 saturated carbocycles. The Morgan fingerprint density at radius 2 is 2.00 bits per heavy atom. The van der Waals surface area contributed by atoms with Crippen molar-refractivity contribution in [1.82, 2.24) is 0 Å². The Kier molecular flexibility index (Phi) is 3.96. The maximum atomic E-state index is 12.9.